The van der Waals surface area contributed by atoms with E-state index in [-0.39, 0.29) is 0 Å². The Morgan fingerprint density at radius 1 is 0.808 bits per heavy atom. The van der Waals surface area contributed by atoms with Gasteiger partial charge in [-0.25, -0.2) is 4.99 Å². The van der Waals surface area contributed by atoms with Crippen molar-refractivity contribution < 1.29 is 0 Å². The van der Waals surface area contributed by atoms with Gasteiger partial charge in [-0.05, 0) is 37.5 Å². The quantitative estimate of drug-likeness (QED) is 0.381. The third-order valence-corrected chi connectivity index (χ3v) is 5.64. The SMILES string of the molecule is C1=C2C(=Nc3c2ccc2c4ccccc4n(-c4ccccc4)c32)CCC1. The third-order valence-electron chi connectivity index (χ3n) is 5.64. The van der Waals surface area contributed by atoms with Crippen LogP contribution in [0.5, 0.6) is 0 Å². The fourth-order valence-electron chi connectivity index (χ4n) is 4.50. The van der Waals surface area contributed by atoms with Gasteiger partial charge in [-0.15, -0.1) is 0 Å². The standard InChI is InChI=1S/C24H18N2/c1-2-8-16(9-3-1)26-22-13-7-5-11-18(22)20-15-14-19-17-10-4-6-12-21(17)25-23(19)24(20)26/h1-3,5,7-11,13-15H,4,6,12H2. The predicted octanol–water partition coefficient (Wildman–Crippen LogP) is 6.44. The molecule has 0 atom stereocenters. The lowest BCUT2D eigenvalue weighted by Crippen LogP contribution is -2.01. The summed E-state index contributed by atoms with van der Waals surface area (Å²) < 4.78 is 2.38. The Bertz CT molecular complexity index is 1240. The maximum Gasteiger partial charge on any atom is 0.0958 e. The summed E-state index contributed by atoms with van der Waals surface area (Å²) in [7, 11) is 0. The smallest absolute Gasteiger partial charge is 0.0958 e. The molecule has 2 nitrogen and oxygen atoms in total. The van der Waals surface area contributed by atoms with Crippen LogP contribution in [-0.4, -0.2) is 10.3 Å². The number of rotatable bonds is 1. The van der Waals surface area contributed by atoms with Crippen molar-refractivity contribution in [3.8, 4) is 5.69 Å². The number of aliphatic imine (C=N–C) groups is 1. The van der Waals surface area contributed by atoms with E-state index in [0.717, 1.165) is 18.5 Å². The fourth-order valence-corrected chi connectivity index (χ4v) is 4.50. The molecule has 4 aromatic rings. The maximum atomic E-state index is 5.11. The highest BCUT2D eigenvalue weighted by Crippen LogP contribution is 2.46. The summed E-state index contributed by atoms with van der Waals surface area (Å²) >= 11 is 0. The van der Waals surface area contributed by atoms with Gasteiger partial charge < -0.3 is 4.57 Å². The highest BCUT2D eigenvalue weighted by atomic mass is 15.0. The topological polar surface area (TPSA) is 17.3 Å². The van der Waals surface area contributed by atoms with Crippen molar-refractivity contribution >= 4 is 38.8 Å². The van der Waals surface area contributed by atoms with Crippen LogP contribution in [0.15, 0.2) is 77.8 Å². The van der Waals surface area contributed by atoms with E-state index in [1.807, 2.05) is 0 Å². The number of nitrogens with zero attached hydrogens (tertiary/aromatic N) is 2. The van der Waals surface area contributed by atoms with E-state index in [1.165, 1.54) is 50.8 Å². The first-order valence-electron chi connectivity index (χ1n) is 9.32. The zero-order chi connectivity index (χ0) is 17.1. The van der Waals surface area contributed by atoms with E-state index >= 15 is 0 Å². The molecule has 0 N–H and O–H groups in total. The van der Waals surface area contributed by atoms with Gasteiger partial charge in [-0.3, -0.25) is 0 Å². The van der Waals surface area contributed by atoms with Crippen LogP contribution in [0.2, 0.25) is 0 Å². The summed E-state index contributed by atoms with van der Waals surface area (Å²) in [6.45, 7) is 0. The molecule has 1 aromatic heterocycles. The molecule has 0 amide bonds. The molecule has 0 saturated carbocycles. The van der Waals surface area contributed by atoms with Crippen molar-refractivity contribution in [3.05, 3.63) is 78.4 Å². The average molecular weight is 334 g/mol. The average Bonchev–Trinajstić information content (AvgIpc) is 3.24. The van der Waals surface area contributed by atoms with Crippen molar-refractivity contribution in [1.29, 1.82) is 0 Å². The Labute approximate surface area is 152 Å². The predicted molar refractivity (Wildman–Crippen MR) is 110 cm³/mol. The summed E-state index contributed by atoms with van der Waals surface area (Å²) in [6.07, 6.45) is 5.83. The van der Waals surface area contributed by atoms with Gasteiger partial charge >= 0.3 is 0 Å². The molecule has 2 heterocycles. The second-order valence-electron chi connectivity index (χ2n) is 7.11. The van der Waals surface area contributed by atoms with Crippen LogP contribution in [0.3, 0.4) is 0 Å². The molecule has 2 aliphatic rings. The van der Waals surface area contributed by atoms with E-state index in [4.69, 9.17) is 4.99 Å². The summed E-state index contributed by atoms with van der Waals surface area (Å²) in [5.74, 6) is 0. The number of aromatic nitrogens is 1. The van der Waals surface area contributed by atoms with Crippen LogP contribution < -0.4 is 0 Å². The molecule has 0 fully saturated rings. The molecule has 1 aliphatic carbocycles. The van der Waals surface area contributed by atoms with E-state index in [2.05, 4.69) is 77.4 Å². The summed E-state index contributed by atoms with van der Waals surface area (Å²) in [5, 5.41) is 2.57. The number of para-hydroxylation sites is 2. The number of benzene rings is 3. The van der Waals surface area contributed by atoms with Crippen LogP contribution in [0.1, 0.15) is 24.8 Å². The minimum absolute atomic E-state index is 1.09. The molecule has 0 bridgehead atoms. The van der Waals surface area contributed by atoms with Crippen LogP contribution in [0, 0.1) is 0 Å². The van der Waals surface area contributed by atoms with Gasteiger partial charge in [-0.1, -0.05) is 54.6 Å². The Hall–Kier alpha value is -3.13. The second-order valence-corrected chi connectivity index (χ2v) is 7.11. The summed E-state index contributed by atoms with van der Waals surface area (Å²) in [4.78, 5) is 5.11. The Balaban J connectivity index is 1.81. The number of fused-ring (bicyclic) bond motifs is 7. The Morgan fingerprint density at radius 2 is 1.65 bits per heavy atom. The zero-order valence-electron chi connectivity index (χ0n) is 14.4. The van der Waals surface area contributed by atoms with Crippen LogP contribution in [0.4, 0.5) is 5.69 Å². The molecule has 2 heteroatoms. The van der Waals surface area contributed by atoms with Gasteiger partial charge in [0.05, 0.1) is 16.7 Å². The number of hydrogen-bond donors (Lipinski definition) is 0. The molecule has 6 rings (SSSR count). The first kappa shape index (κ1) is 14.1. The van der Waals surface area contributed by atoms with Crippen LogP contribution >= 0.6 is 0 Å². The van der Waals surface area contributed by atoms with E-state index in [1.54, 1.807) is 0 Å². The van der Waals surface area contributed by atoms with E-state index in [9.17, 15) is 0 Å². The van der Waals surface area contributed by atoms with Crippen molar-refractivity contribution in [2.45, 2.75) is 19.3 Å². The van der Waals surface area contributed by atoms with Gasteiger partial charge in [-0.2, -0.15) is 0 Å². The molecule has 26 heavy (non-hydrogen) atoms. The molecule has 0 radical (unpaired) electrons. The number of hydrogen-bond acceptors (Lipinski definition) is 1. The van der Waals surface area contributed by atoms with Crippen molar-refractivity contribution in [2.75, 3.05) is 0 Å². The van der Waals surface area contributed by atoms with Gasteiger partial charge in [0.15, 0.2) is 0 Å². The zero-order valence-corrected chi connectivity index (χ0v) is 14.4. The lowest BCUT2D eigenvalue weighted by atomic mass is 9.93. The third kappa shape index (κ3) is 1.79. The van der Waals surface area contributed by atoms with Gasteiger partial charge in [0.1, 0.15) is 0 Å². The lowest BCUT2D eigenvalue weighted by molar-refractivity contribution is 0.886. The summed E-state index contributed by atoms with van der Waals surface area (Å²) in [5.41, 5.74) is 8.74. The summed E-state index contributed by atoms with van der Waals surface area (Å²) in [6, 6.07) is 23.9. The Kier molecular flexibility index (Phi) is 2.81. The van der Waals surface area contributed by atoms with Crippen LogP contribution in [0.25, 0.3) is 33.1 Å². The molecule has 1 aliphatic heterocycles. The van der Waals surface area contributed by atoms with Gasteiger partial charge in [0, 0.05) is 33.3 Å². The fraction of sp³-hybridized carbons (Fsp3) is 0.125. The molecule has 0 spiro atoms. The van der Waals surface area contributed by atoms with Crippen LogP contribution in [-0.2, 0) is 0 Å². The maximum absolute atomic E-state index is 5.11. The second kappa shape index (κ2) is 5.18. The first-order chi connectivity index (χ1) is 12.9. The van der Waals surface area contributed by atoms with Crippen molar-refractivity contribution in [3.63, 3.8) is 0 Å². The normalized spacial score (nSPS) is 15.7. The van der Waals surface area contributed by atoms with E-state index in [0.29, 0.717) is 0 Å². The monoisotopic (exact) mass is 334 g/mol. The minimum Gasteiger partial charge on any atom is -0.307 e. The molecule has 124 valence electrons. The van der Waals surface area contributed by atoms with Gasteiger partial charge in [0.2, 0.25) is 0 Å². The molecule has 3 aromatic carbocycles. The lowest BCUT2D eigenvalue weighted by Gasteiger charge is -2.11. The number of allylic oxidation sites excluding steroid dienone is 2. The molecular weight excluding hydrogens is 316 g/mol. The highest BCUT2D eigenvalue weighted by molar-refractivity contribution is 6.32. The van der Waals surface area contributed by atoms with Crippen molar-refractivity contribution in [1.82, 2.24) is 4.57 Å². The molecule has 0 saturated heterocycles. The molecular formula is C24H18N2. The van der Waals surface area contributed by atoms with E-state index < -0.39 is 0 Å². The van der Waals surface area contributed by atoms with Gasteiger partial charge in [0.25, 0.3) is 0 Å². The highest BCUT2D eigenvalue weighted by Gasteiger charge is 2.27. The Morgan fingerprint density at radius 3 is 2.58 bits per heavy atom. The van der Waals surface area contributed by atoms with Crippen molar-refractivity contribution in [2.24, 2.45) is 4.99 Å². The first-order valence-corrected chi connectivity index (χ1v) is 9.32. The minimum atomic E-state index is 1.09. The molecule has 0 unspecified atom stereocenters. The largest absolute Gasteiger partial charge is 0.307 e.